The topological polar surface area (TPSA) is 94.8 Å². The fourth-order valence-corrected chi connectivity index (χ4v) is 1.53. The first-order chi connectivity index (χ1) is 6.40. The molecule has 0 heterocycles. The molecule has 5 heteroatoms. The average Bonchev–Trinajstić information content (AvgIpc) is 2.05. The van der Waals surface area contributed by atoms with Gasteiger partial charge in [-0.3, -0.25) is 9.59 Å². The average molecular weight is 204 g/mol. The molecule has 3 N–H and O–H groups in total. The van der Waals surface area contributed by atoms with Gasteiger partial charge in [0.15, 0.2) is 0 Å². The quantitative estimate of drug-likeness (QED) is 0.592. The van der Waals surface area contributed by atoms with Gasteiger partial charge in [0.25, 0.3) is 0 Å². The van der Waals surface area contributed by atoms with E-state index < -0.39 is 29.9 Å². The summed E-state index contributed by atoms with van der Waals surface area (Å²) in [7, 11) is 0. The Kier molecular flexibility index (Phi) is 4.56. The summed E-state index contributed by atoms with van der Waals surface area (Å²) in [6, 6.07) is 0. The molecule has 5 nitrogen and oxygen atoms in total. The number of rotatable bonds is 6. The molecule has 1 atom stereocenters. The standard InChI is InChI=1S/C9H16O5/c1-3-9(4-2,8(13)14)6(10)5-7(11)12/h6,10H,3-5H2,1-2H3,(H,11,12)(H,13,14). The lowest BCUT2D eigenvalue weighted by atomic mass is 9.76. The van der Waals surface area contributed by atoms with Crippen molar-refractivity contribution in [1.82, 2.24) is 0 Å². The maximum Gasteiger partial charge on any atom is 0.312 e. The second-order valence-electron chi connectivity index (χ2n) is 3.28. The normalized spacial score (nSPS) is 13.6. The van der Waals surface area contributed by atoms with Crippen LogP contribution in [-0.4, -0.2) is 33.4 Å². The summed E-state index contributed by atoms with van der Waals surface area (Å²) in [5.74, 6) is -2.33. The van der Waals surface area contributed by atoms with Crippen molar-refractivity contribution in [1.29, 1.82) is 0 Å². The van der Waals surface area contributed by atoms with E-state index >= 15 is 0 Å². The Balaban J connectivity index is 4.79. The minimum absolute atomic E-state index is 0.216. The van der Waals surface area contributed by atoms with Gasteiger partial charge in [-0.15, -0.1) is 0 Å². The van der Waals surface area contributed by atoms with Crippen LogP contribution >= 0.6 is 0 Å². The van der Waals surface area contributed by atoms with E-state index in [0.29, 0.717) is 0 Å². The van der Waals surface area contributed by atoms with E-state index in [0.717, 1.165) is 0 Å². The molecule has 0 aromatic carbocycles. The molecule has 0 aliphatic rings. The molecular weight excluding hydrogens is 188 g/mol. The summed E-state index contributed by atoms with van der Waals surface area (Å²) in [5, 5.41) is 27.0. The van der Waals surface area contributed by atoms with Crippen molar-refractivity contribution < 1.29 is 24.9 Å². The highest BCUT2D eigenvalue weighted by Gasteiger charge is 2.42. The lowest BCUT2D eigenvalue weighted by Gasteiger charge is -2.31. The maximum atomic E-state index is 11.0. The van der Waals surface area contributed by atoms with Crippen molar-refractivity contribution in [2.24, 2.45) is 5.41 Å². The van der Waals surface area contributed by atoms with Gasteiger partial charge in [0.05, 0.1) is 17.9 Å². The lowest BCUT2D eigenvalue weighted by molar-refractivity contribution is -0.160. The van der Waals surface area contributed by atoms with Crippen LogP contribution in [0.4, 0.5) is 0 Å². The largest absolute Gasteiger partial charge is 0.481 e. The highest BCUT2D eigenvalue weighted by atomic mass is 16.4. The van der Waals surface area contributed by atoms with E-state index in [1.54, 1.807) is 13.8 Å². The van der Waals surface area contributed by atoms with Gasteiger partial charge in [-0.05, 0) is 12.8 Å². The Hall–Kier alpha value is -1.10. The van der Waals surface area contributed by atoms with Crippen LogP contribution in [0.25, 0.3) is 0 Å². The van der Waals surface area contributed by atoms with E-state index in [1.165, 1.54) is 0 Å². The van der Waals surface area contributed by atoms with E-state index in [2.05, 4.69) is 0 Å². The van der Waals surface area contributed by atoms with Crippen LogP contribution < -0.4 is 0 Å². The van der Waals surface area contributed by atoms with Gasteiger partial charge in [-0.25, -0.2) is 0 Å². The molecule has 0 bridgehead atoms. The van der Waals surface area contributed by atoms with Gasteiger partial charge in [0.2, 0.25) is 0 Å². The molecule has 0 aliphatic heterocycles. The number of aliphatic carboxylic acids is 2. The lowest BCUT2D eigenvalue weighted by Crippen LogP contribution is -2.42. The van der Waals surface area contributed by atoms with Crippen LogP contribution in [0.15, 0.2) is 0 Å². The van der Waals surface area contributed by atoms with Gasteiger partial charge in [-0.2, -0.15) is 0 Å². The molecule has 14 heavy (non-hydrogen) atoms. The van der Waals surface area contributed by atoms with Crippen LogP contribution in [0.1, 0.15) is 33.1 Å². The van der Waals surface area contributed by atoms with Gasteiger partial charge < -0.3 is 15.3 Å². The summed E-state index contributed by atoms with van der Waals surface area (Å²) in [5.41, 5.74) is -1.33. The van der Waals surface area contributed by atoms with Crippen LogP contribution in [0.2, 0.25) is 0 Å². The second kappa shape index (κ2) is 4.95. The number of carbonyl (C=O) groups is 2. The summed E-state index contributed by atoms with van der Waals surface area (Å²) < 4.78 is 0. The predicted molar refractivity (Wildman–Crippen MR) is 48.9 cm³/mol. The fourth-order valence-electron chi connectivity index (χ4n) is 1.53. The number of aliphatic hydroxyl groups is 1. The molecule has 0 aromatic rings. The van der Waals surface area contributed by atoms with E-state index in [1.807, 2.05) is 0 Å². The van der Waals surface area contributed by atoms with Crippen LogP contribution in [0.5, 0.6) is 0 Å². The van der Waals surface area contributed by atoms with Crippen molar-refractivity contribution in [3.8, 4) is 0 Å². The van der Waals surface area contributed by atoms with Crippen molar-refractivity contribution >= 4 is 11.9 Å². The number of hydrogen-bond donors (Lipinski definition) is 3. The Bertz CT molecular complexity index is 219. The van der Waals surface area contributed by atoms with E-state index in [-0.39, 0.29) is 12.8 Å². The number of aliphatic hydroxyl groups excluding tert-OH is 1. The molecule has 0 radical (unpaired) electrons. The van der Waals surface area contributed by atoms with Gasteiger partial charge in [0.1, 0.15) is 0 Å². The minimum atomic E-state index is -1.34. The van der Waals surface area contributed by atoms with Crippen molar-refractivity contribution in [2.45, 2.75) is 39.2 Å². The molecular formula is C9H16O5. The first kappa shape index (κ1) is 12.9. The highest BCUT2D eigenvalue weighted by Crippen LogP contribution is 2.32. The Labute approximate surface area is 82.4 Å². The van der Waals surface area contributed by atoms with Crippen molar-refractivity contribution in [3.63, 3.8) is 0 Å². The highest BCUT2D eigenvalue weighted by molar-refractivity contribution is 5.77. The molecule has 0 saturated heterocycles. The molecule has 0 aliphatic carbocycles. The SMILES string of the molecule is CCC(CC)(C(=O)O)C(O)CC(=O)O. The molecule has 0 amide bonds. The predicted octanol–water partition coefficient (Wildman–Crippen LogP) is 0.713. The van der Waals surface area contributed by atoms with Crippen LogP contribution in [0, 0.1) is 5.41 Å². The van der Waals surface area contributed by atoms with Gasteiger partial charge in [-0.1, -0.05) is 13.8 Å². The summed E-state index contributed by atoms with van der Waals surface area (Å²) in [6.07, 6.45) is -1.44. The fraction of sp³-hybridized carbons (Fsp3) is 0.778. The first-order valence-electron chi connectivity index (χ1n) is 4.54. The van der Waals surface area contributed by atoms with Crippen LogP contribution in [0.3, 0.4) is 0 Å². The number of hydrogen-bond acceptors (Lipinski definition) is 3. The molecule has 0 fully saturated rings. The van der Waals surface area contributed by atoms with Crippen LogP contribution in [-0.2, 0) is 9.59 Å². The number of carboxylic acids is 2. The third-order valence-electron chi connectivity index (χ3n) is 2.69. The van der Waals surface area contributed by atoms with Gasteiger partial charge in [0, 0.05) is 0 Å². The van der Waals surface area contributed by atoms with E-state index in [4.69, 9.17) is 10.2 Å². The van der Waals surface area contributed by atoms with E-state index in [9.17, 15) is 14.7 Å². The maximum absolute atomic E-state index is 11.0. The smallest absolute Gasteiger partial charge is 0.312 e. The van der Waals surface area contributed by atoms with Crippen molar-refractivity contribution in [3.05, 3.63) is 0 Å². The first-order valence-corrected chi connectivity index (χ1v) is 4.54. The third kappa shape index (κ3) is 2.45. The Morgan fingerprint density at radius 3 is 1.86 bits per heavy atom. The zero-order valence-corrected chi connectivity index (χ0v) is 8.36. The Morgan fingerprint density at radius 2 is 1.64 bits per heavy atom. The molecule has 0 spiro atoms. The zero-order valence-electron chi connectivity index (χ0n) is 8.36. The number of carboxylic acid groups (broad SMARTS) is 2. The molecule has 0 saturated carbocycles. The van der Waals surface area contributed by atoms with Crippen molar-refractivity contribution in [2.75, 3.05) is 0 Å². The second-order valence-corrected chi connectivity index (χ2v) is 3.28. The molecule has 0 rings (SSSR count). The third-order valence-corrected chi connectivity index (χ3v) is 2.69. The zero-order chi connectivity index (χ0) is 11.4. The molecule has 1 unspecified atom stereocenters. The summed E-state index contributed by atoms with van der Waals surface area (Å²) >= 11 is 0. The molecule has 82 valence electrons. The Morgan fingerprint density at radius 1 is 1.21 bits per heavy atom. The molecule has 0 aromatic heterocycles. The van der Waals surface area contributed by atoms with Gasteiger partial charge >= 0.3 is 11.9 Å². The summed E-state index contributed by atoms with van der Waals surface area (Å²) in [4.78, 5) is 21.3. The monoisotopic (exact) mass is 204 g/mol. The minimum Gasteiger partial charge on any atom is -0.481 e. The summed E-state index contributed by atoms with van der Waals surface area (Å²) in [6.45, 7) is 3.26.